The van der Waals surface area contributed by atoms with E-state index in [1.807, 2.05) is 13.8 Å². The molecule has 0 aromatic heterocycles. The molecule has 0 spiro atoms. The van der Waals surface area contributed by atoms with E-state index in [2.05, 4.69) is 10.6 Å². The lowest BCUT2D eigenvalue weighted by molar-refractivity contribution is -0.131. The number of carbonyl (C=O) groups excluding carboxylic acids is 2. The van der Waals surface area contributed by atoms with Crippen LogP contribution in [0.15, 0.2) is 0 Å². The van der Waals surface area contributed by atoms with Gasteiger partial charge in [0.25, 0.3) is 0 Å². The predicted octanol–water partition coefficient (Wildman–Crippen LogP) is 0.0339. The molecule has 1 rings (SSSR count). The van der Waals surface area contributed by atoms with E-state index < -0.39 is 11.9 Å². The summed E-state index contributed by atoms with van der Waals surface area (Å²) >= 11 is 0. The van der Waals surface area contributed by atoms with Crippen molar-refractivity contribution in [2.75, 3.05) is 13.1 Å². The lowest BCUT2D eigenvalue weighted by Gasteiger charge is -2.25. The second-order valence-electron chi connectivity index (χ2n) is 4.68. The van der Waals surface area contributed by atoms with Crippen LogP contribution in [0.2, 0.25) is 0 Å². The van der Waals surface area contributed by atoms with Crippen LogP contribution >= 0.6 is 12.4 Å². The summed E-state index contributed by atoms with van der Waals surface area (Å²) in [5.74, 6) is -0.538. The molecule has 100 valence electrons. The summed E-state index contributed by atoms with van der Waals surface area (Å²) in [4.78, 5) is 23.0. The fraction of sp³-hybridized carbons (Fsp3) is 0.818. The third kappa shape index (κ3) is 4.91. The predicted molar refractivity (Wildman–Crippen MR) is 68.8 cm³/mol. The van der Waals surface area contributed by atoms with E-state index in [0.717, 1.165) is 19.4 Å². The first-order valence-electron chi connectivity index (χ1n) is 5.82. The van der Waals surface area contributed by atoms with Gasteiger partial charge in [0.2, 0.25) is 11.8 Å². The summed E-state index contributed by atoms with van der Waals surface area (Å²) < 4.78 is 0. The zero-order valence-corrected chi connectivity index (χ0v) is 11.2. The molecule has 1 aliphatic heterocycles. The smallest absolute Gasteiger partial charge is 0.240 e. The molecule has 0 aromatic rings. The average Bonchev–Trinajstić information content (AvgIpc) is 2.25. The summed E-state index contributed by atoms with van der Waals surface area (Å²) in [6.45, 7) is 5.40. The minimum absolute atomic E-state index is 0. The van der Waals surface area contributed by atoms with Crippen LogP contribution in [0.4, 0.5) is 0 Å². The Balaban J connectivity index is 0.00000256. The molecule has 2 atom stereocenters. The van der Waals surface area contributed by atoms with Crippen LogP contribution in [0.25, 0.3) is 0 Å². The second kappa shape index (κ2) is 7.50. The topological polar surface area (TPSA) is 84.2 Å². The van der Waals surface area contributed by atoms with Crippen LogP contribution in [-0.2, 0) is 9.59 Å². The maximum Gasteiger partial charge on any atom is 0.240 e. The summed E-state index contributed by atoms with van der Waals surface area (Å²) in [5, 5.41) is 5.90. The van der Waals surface area contributed by atoms with Crippen LogP contribution in [0.1, 0.15) is 26.7 Å². The van der Waals surface area contributed by atoms with Crippen molar-refractivity contribution in [2.24, 2.45) is 17.6 Å². The molecule has 4 N–H and O–H groups in total. The molecule has 1 heterocycles. The van der Waals surface area contributed by atoms with E-state index >= 15 is 0 Å². The lowest BCUT2D eigenvalue weighted by Crippen LogP contribution is -2.51. The first-order valence-corrected chi connectivity index (χ1v) is 5.82. The maximum atomic E-state index is 11.9. The number of primary amides is 1. The summed E-state index contributed by atoms with van der Waals surface area (Å²) in [5.41, 5.74) is 5.25. The van der Waals surface area contributed by atoms with Gasteiger partial charge in [-0.1, -0.05) is 13.8 Å². The highest BCUT2D eigenvalue weighted by molar-refractivity contribution is 5.87. The van der Waals surface area contributed by atoms with Crippen molar-refractivity contribution in [1.82, 2.24) is 10.6 Å². The summed E-state index contributed by atoms with van der Waals surface area (Å²) in [6.07, 6.45) is 1.88. The minimum atomic E-state index is -0.561. The van der Waals surface area contributed by atoms with Gasteiger partial charge in [-0.2, -0.15) is 0 Å². The Labute approximate surface area is 108 Å². The first kappa shape index (κ1) is 16.2. The molecule has 0 bridgehead atoms. The van der Waals surface area contributed by atoms with Gasteiger partial charge in [0.15, 0.2) is 0 Å². The lowest BCUT2D eigenvalue weighted by atomic mass is 9.97. The fourth-order valence-electron chi connectivity index (χ4n) is 1.91. The van der Waals surface area contributed by atoms with Crippen molar-refractivity contribution in [3.8, 4) is 0 Å². The van der Waals surface area contributed by atoms with Gasteiger partial charge in [-0.05, 0) is 25.3 Å². The van der Waals surface area contributed by atoms with Crippen LogP contribution in [0, 0.1) is 11.8 Å². The van der Waals surface area contributed by atoms with Gasteiger partial charge in [0.1, 0.15) is 6.04 Å². The molecule has 1 saturated heterocycles. The molecule has 1 aliphatic rings. The molecule has 17 heavy (non-hydrogen) atoms. The van der Waals surface area contributed by atoms with Crippen LogP contribution in [0.3, 0.4) is 0 Å². The average molecular weight is 264 g/mol. The Bertz CT molecular complexity index is 265. The van der Waals surface area contributed by atoms with Gasteiger partial charge in [-0.15, -0.1) is 12.4 Å². The van der Waals surface area contributed by atoms with E-state index in [9.17, 15) is 9.59 Å². The number of nitrogens with one attached hydrogen (secondary N) is 2. The minimum Gasteiger partial charge on any atom is -0.368 e. The van der Waals surface area contributed by atoms with Gasteiger partial charge >= 0.3 is 0 Å². The van der Waals surface area contributed by atoms with Gasteiger partial charge < -0.3 is 16.4 Å². The molecule has 0 aliphatic carbocycles. The second-order valence-corrected chi connectivity index (χ2v) is 4.68. The molecular weight excluding hydrogens is 242 g/mol. The number of hydrogen-bond donors (Lipinski definition) is 3. The van der Waals surface area contributed by atoms with Crippen molar-refractivity contribution >= 4 is 24.2 Å². The molecule has 6 heteroatoms. The highest BCUT2D eigenvalue weighted by Crippen LogP contribution is 2.11. The quantitative estimate of drug-likeness (QED) is 0.669. The Morgan fingerprint density at radius 2 is 2.06 bits per heavy atom. The van der Waals surface area contributed by atoms with Gasteiger partial charge in [0, 0.05) is 6.54 Å². The van der Waals surface area contributed by atoms with Crippen molar-refractivity contribution in [3.05, 3.63) is 0 Å². The Morgan fingerprint density at radius 1 is 1.41 bits per heavy atom. The number of nitrogens with two attached hydrogens (primary N) is 1. The number of piperidine rings is 1. The van der Waals surface area contributed by atoms with E-state index in [1.54, 1.807) is 0 Å². The normalized spacial score (nSPS) is 21.5. The van der Waals surface area contributed by atoms with E-state index in [0.29, 0.717) is 6.54 Å². The van der Waals surface area contributed by atoms with E-state index in [1.165, 1.54) is 0 Å². The largest absolute Gasteiger partial charge is 0.368 e. The number of hydrogen-bond acceptors (Lipinski definition) is 3. The zero-order valence-electron chi connectivity index (χ0n) is 10.4. The van der Waals surface area contributed by atoms with Crippen molar-refractivity contribution in [2.45, 2.75) is 32.7 Å². The third-order valence-corrected chi connectivity index (χ3v) is 2.94. The van der Waals surface area contributed by atoms with Crippen molar-refractivity contribution in [3.63, 3.8) is 0 Å². The number of halogens is 1. The van der Waals surface area contributed by atoms with Crippen LogP contribution < -0.4 is 16.4 Å². The van der Waals surface area contributed by atoms with E-state index in [-0.39, 0.29) is 30.2 Å². The Hall–Kier alpha value is -0.810. The summed E-state index contributed by atoms with van der Waals surface area (Å²) in [6, 6.07) is -0.561. The molecule has 5 nitrogen and oxygen atoms in total. The number of amides is 2. The van der Waals surface area contributed by atoms with Crippen LogP contribution in [0.5, 0.6) is 0 Å². The molecular formula is C11H22ClN3O2. The standard InChI is InChI=1S/C11H21N3O2.ClH/c1-7(2)9(10(12)15)14-11(16)8-4-3-5-13-6-8;/h7-9,13H,3-6H2,1-2H3,(H2,12,15)(H,14,16);1H. The maximum absolute atomic E-state index is 11.9. The molecule has 2 unspecified atom stereocenters. The van der Waals surface area contributed by atoms with Gasteiger partial charge in [-0.3, -0.25) is 9.59 Å². The van der Waals surface area contributed by atoms with Gasteiger partial charge in [0.05, 0.1) is 5.92 Å². The van der Waals surface area contributed by atoms with Crippen molar-refractivity contribution < 1.29 is 9.59 Å². The molecule has 0 radical (unpaired) electrons. The Kier molecular flexibility index (Phi) is 7.15. The van der Waals surface area contributed by atoms with Crippen molar-refractivity contribution in [1.29, 1.82) is 0 Å². The molecule has 1 fully saturated rings. The Morgan fingerprint density at radius 3 is 2.47 bits per heavy atom. The summed E-state index contributed by atoms with van der Waals surface area (Å²) in [7, 11) is 0. The van der Waals surface area contributed by atoms with Gasteiger partial charge in [-0.25, -0.2) is 0 Å². The number of carbonyl (C=O) groups is 2. The fourth-order valence-corrected chi connectivity index (χ4v) is 1.91. The molecule has 0 aromatic carbocycles. The SMILES string of the molecule is CC(C)C(NC(=O)C1CCCNC1)C(N)=O.Cl. The highest BCUT2D eigenvalue weighted by Gasteiger charge is 2.26. The molecule has 0 saturated carbocycles. The monoisotopic (exact) mass is 263 g/mol. The first-order chi connectivity index (χ1) is 7.52. The zero-order chi connectivity index (χ0) is 12.1. The molecule has 2 amide bonds. The third-order valence-electron chi connectivity index (χ3n) is 2.94. The van der Waals surface area contributed by atoms with E-state index in [4.69, 9.17) is 5.73 Å². The number of rotatable bonds is 4. The highest BCUT2D eigenvalue weighted by atomic mass is 35.5. The van der Waals surface area contributed by atoms with Crippen LogP contribution in [-0.4, -0.2) is 30.9 Å².